The summed E-state index contributed by atoms with van der Waals surface area (Å²) in [7, 11) is 3.30. The summed E-state index contributed by atoms with van der Waals surface area (Å²) in [5.74, 6) is 1.55. The van der Waals surface area contributed by atoms with Crippen LogP contribution in [0, 0.1) is 0 Å². The number of rotatable bonds is 17. The maximum atomic E-state index is 14.2. The summed E-state index contributed by atoms with van der Waals surface area (Å²) >= 11 is 1.90. The molecule has 0 aromatic heterocycles. The van der Waals surface area contributed by atoms with E-state index in [1.807, 2.05) is 54.2 Å². The number of nitrogens with zero attached hydrogens (tertiary/aromatic N) is 1. The molecule has 2 saturated heterocycles. The smallest absolute Gasteiger partial charge is 0.319 e. The molecule has 0 bridgehead atoms. The Morgan fingerprint density at radius 3 is 2.04 bits per heavy atom. The van der Waals surface area contributed by atoms with Gasteiger partial charge in [-0.3, -0.25) is 9.59 Å². The lowest BCUT2D eigenvalue weighted by molar-refractivity contribution is -0.137. The third-order valence-corrected chi connectivity index (χ3v) is 10.7. The minimum Gasteiger partial charge on any atom is -0.497 e. The molecule has 47 heavy (non-hydrogen) atoms. The second-order valence-electron chi connectivity index (χ2n) is 12.1. The first-order valence-corrected chi connectivity index (χ1v) is 17.5. The topological polar surface area (TPSA) is 117 Å². The average molecular weight is 660 g/mol. The highest BCUT2D eigenvalue weighted by molar-refractivity contribution is 8.00. The third-order valence-electron chi connectivity index (χ3n) is 9.24. The summed E-state index contributed by atoms with van der Waals surface area (Å²) in [6, 6.07) is 26.1. The van der Waals surface area contributed by atoms with Crippen LogP contribution in [-0.4, -0.2) is 71.8 Å². The number of carboxylic acid groups (broad SMARTS) is 1. The van der Waals surface area contributed by atoms with Crippen molar-refractivity contribution in [2.24, 2.45) is 0 Å². The number of amides is 3. The van der Waals surface area contributed by atoms with Crippen LogP contribution in [0.5, 0.6) is 11.5 Å². The monoisotopic (exact) mass is 659 g/mol. The summed E-state index contributed by atoms with van der Waals surface area (Å²) in [5.41, 5.74) is 2.01. The number of unbranched alkanes of at least 4 members (excludes halogenated alkanes) is 3. The largest absolute Gasteiger partial charge is 0.497 e. The van der Waals surface area contributed by atoms with Crippen molar-refractivity contribution in [3.05, 3.63) is 95.6 Å². The maximum Gasteiger partial charge on any atom is 0.319 e. The maximum absolute atomic E-state index is 14.2. The molecule has 3 aromatic rings. The number of ether oxygens (including phenoxy) is 2. The molecule has 3 atom stereocenters. The summed E-state index contributed by atoms with van der Waals surface area (Å²) in [6.45, 7) is 0.577. The molecule has 3 N–H and O–H groups in total. The van der Waals surface area contributed by atoms with Gasteiger partial charge in [0.25, 0.3) is 0 Å². The van der Waals surface area contributed by atoms with Gasteiger partial charge in [0.1, 0.15) is 17.0 Å². The molecule has 2 fully saturated rings. The van der Waals surface area contributed by atoms with Gasteiger partial charge < -0.3 is 30.1 Å². The molecule has 0 radical (unpaired) electrons. The van der Waals surface area contributed by atoms with Crippen LogP contribution in [0.1, 0.15) is 68.1 Å². The van der Waals surface area contributed by atoms with Gasteiger partial charge in [0, 0.05) is 30.4 Å². The molecule has 9 nitrogen and oxygen atoms in total. The first-order chi connectivity index (χ1) is 22.9. The van der Waals surface area contributed by atoms with E-state index >= 15 is 0 Å². The molecule has 250 valence electrons. The van der Waals surface area contributed by atoms with Crippen LogP contribution >= 0.6 is 11.8 Å². The molecule has 3 amide bonds. The van der Waals surface area contributed by atoms with Crippen molar-refractivity contribution in [1.29, 1.82) is 0 Å². The van der Waals surface area contributed by atoms with Crippen molar-refractivity contribution in [2.75, 3.05) is 26.5 Å². The Morgan fingerprint density at radius 1 is 0.851 bits per heavy atom. The van der Waals surface area contributed by atoms with Gasteiger partial charge in [-0.05, 0) is 66.6 Å². The van der Waals surface area contributed by atoms with Gasteiger partial charge in [-0.2, -0.15) is 11.8 Å². The Balaban J connectivity index is 1.32. The first-order valence-electron chi connectivity index (χ1n) is 16.4. The minimum absolute atomic E-state index is 0.0216. The van der Waals surface area contributed by atoms with E-state index < -0.39 is 11.5 Å². The van der Waals surface area contributed by atoms with Gasteiger partial charge in [-0.25, -0.2) is 4.79 Å². The highest BCUT2D eigenvalue weighted by Crippen LogP contribution is 2.49. The number of carbonyl (C=O) groups is 3. The number of nitrogens with one attached hydrogen (secondary N) is 2. The predicted molar refractivity (Wildman–Crippen MR) is 184 cm³/mol. The normalized spacial score (nSPS) is 18.8. The van der Waals surface area contributed by atoms with Gasteiger partial charge in [-0.15, -0.1) is 0 Å². The Labute approximate surface area is 281 Å². The van der Waals surface area contributed by atoms with Crippen LogP contribution in [0.25, 0.3) is 0 Å². The van der Waals surface area contributed by atoms with Crippen LogP contribution < -0.4 is 20.1 Å². The second kappa shape index (κ2) is 16.1. The third kappa shape index (κ3) is 7.70. The molecule has 2 aliphatic heterocycles. The zero-order valence-electron chi connectivity index (χ0n) is 27.2. The highest BCUT2D eigenvalue weighted by atomic mass is 32.2. The SMILES string of the molecule is COc1ccc(C(c2ccccc2)(c2ccc(OC)cc2)N2C(=O)N[C@@H]3[C@H](CCCCC(=O)NCCCCCC(=O)O)SC[C@@H]32)cc1. The Morgan fingerprint density at radius 2 is 1.45 bits per heavy atom. The van der Waals surface area contributed by atoms with E-state index in [9.17, 15) is 14.4 Å². The minimum atomic E-state index is -0.912. The summed E-state index contributed by atoms with van der Waals surface area (Å²) in [4.78, 5) is 39.3. The average Bonchev–Trinajstić information content (AvgIpc) is 3.64. The Kier molecular flexibility index (Phi) is 11.7. The number of benzene rings is 3. The zero-order chi connectivity index (χ0) is 33.2. The zero-order valence-corrected chi connectivity index (χ0v) is 28.0. The van der Waals surface area contributed by atoms with Gasteiger partial charge in [0.2, 0.25) is 5.91 Å². The van der Waals surface area contributed by atoms with Crippen molar-refractivity contribution >= 4 is 29.7 Å². The summed E-state index contributed by atoms with van der Waals surface area (Å²) in [5, 5.41) is 15.3. The van der Waals surface area contributed by atoms with E-state index in [0.29, 0.717) is 19.4 Å². The fourth-order valence-electron chi connectivity index (χ4n) is 6.91. The molecule has 10 heteroatoms. The fourth-order valence-corrected chi connectivity index (χ4v) is 8.51. The van der Waals surface area contributed by atoms with Crippen molar-refractivity contribution in [2.45, 2.75) is 74.2 Å². The molecule has 2 heterocycles. The lowest BCUT2D eigenvalue weighted by Crippen LogP contribution is -2.53. The number of aliphatic carboxylic acids is 1. The molecule has 0 saturated carbocycles. The lowest BCUT2D eigenvalue weighted by Gasteiger charge is -2.45. The lowest BCUT2D eigenvalue weighted by atomic mass is 9.74. The van der Waals surface area contributed by atoms with E-state index in [1.54, 1.807) is 14.2 Å². The summed E-state index contributed by atoms with van der Waals surface area (Å²) < 4.78 is 11.0. The van der Waals surface area contributed by atoms with E-state index in [0.717, 1.165) is 66.0 Å². The van der Waals surface area contributed by atoms with Crippen LogP contribution in [0.15, 0.2) is 78.9 Å². The number of carboxylic acids is 1. The van der Waals surface area contributed by atoms with E-state index in [-0.39, 0.29) is 35.7 Å². The first kappa shape index (κ1) is 34.2. The van der Waals surface area contributed by atoms with Gasteiger partial charge in [-0.1, -0.05) is 67.4 Å². The number of hydrogen-bond donors (Lipinski definition) is 3. The van der Waals surface area contributed by atoms with Crippen molar-refractivity contribution < 1.29 is 29.0 Å². The van der Waals surface area contributed by atoms with Crippen LogP contribution in [-0.2, 0) is 15.1 Å². The Hall–Kier alpha value is -4.18. The molecule has 0 aliphatic carbocycles. The van der Waals surface area contributed by atoms with Gasteiger partial charge >= 0.3 is 12.0 Å². The number of hydrogen-bond acceptors (Lipinski definition) is 6. The van der Waals surface area contributed by atoms with Crippen LogP contribution in [0.3, 0.4) is 0 Å². The molecule has 0 unspecified atom stereocenters. The van der Waals surface area contributed by atoms with Crippen LogP contribution in [0.4, 0.5) is 4.79 Å². The van der Waals surface area contributed by atoms with Crippen molar-refractivity contribution in [3.8, 4) is 11.5 Å². The second-order valence-corrected chi connectivity index (χ2v) is 13.4. The predicted octanol–water partition coefficient (Wildman–Crippen LogP) is 6.20. The number of methoxy groups -OCH3 is 2. The van der Waals surface area contributed by atoms with Crippen molar-refractivity contribution in [1.82, 2.24) is 15.5 Å². The van der Waals surface area contributed by atoms with E-state index in [1.165, 1.54) is 0 Å². The van der Waals surface area contributed by atoms with E-state index in [2.05, 4.69) is 51.9 Å². The Bertz CT molecular complexity index is 1440. The van der Waals surface area contributed by atoms with Crippen molar-refractivity contribution in [3.63, 3.8) is 0 Å². The van der Waals surface area contributed by atoms with Gasteiger partial charge in [0.15, 0.2) is 0 Å². The quantitative estimate of drug-likeness (QED) is 0.0898. The molecular weight excluding hydrogens is 614 g/mol. The van der Waals surface area contributed by atoms with Crippen LogP contribution in [0.2, 0.25) is 0 Å². The number of urea groups is 1. The fraction of sp³-hybridized carbons (Fsp3) is 0.432. The molecule has 3 aromatic carbocycles. The standard InChI is InChI=1S/C37H45N3O6S/c1-45-29-20-16-27(17-21-29)37(26-11-5-3-6-12-26,28-18-22-30(46-2)23-19-28)40-31-25-47-32(35(31)39-36(40)44)13-8-9-14-33(41)38-24-10-4-7-15-34(42)43/h3,5-6,11-12,16-23,31-32,35H,4,7-10,13-15,24-25H2,1-2H3,(H,38,41)(H,39,44)(H,42,43)/t31-,32-,35-/m0/s1. The summed E-state index contributed by atoms with van der Waals surface area (Å²) in [6.07, 6.45) is 5.42. The molecule has 0 spiro atoms. The van der Waals surface area contributed by atoms with E-state index in [4.69, 9.17) is 14.6 Å². The number of carbonyl (C=O) groups excluding carboxylic acids is 2. The molecular formula is C37H45N3O6S. The molecule has 2 aliphatic rings. The number of thioether (sulfide) groups is 1. The number of fused-ring (bicyclic) bond motifs is 1. The van der Waals surface area contributed by atoms with Gasteiger partial charge in [0.05, 0.1) is 26.3 Å². The highest BCUT2D eigenvalue weighted by Gasteiger charge is 2.57. The molecule has 5 rings (SSSR count).